The van der Waals surface area contributed by atoms with Gasteiger partial charge in [-0.3, -0.25) is 4.79 Å². The summed E-state index contributed by atoms with van der Waals surface area (Å²) < 4.78 is 0. The summed E-state index contributed by atoms with van der Waals surface area (Å²) >= 11 is 0. The van der Waals surface area contributed by atoms with Gasteiger partial charge < -0.3 is 10.6 Å². The van der Waals surface area contributed by atoms with Crippen molar-refractivity contribution in [2.24, 2.45) is 11.3 Å². The van der Waals surface area contributed by atoms with Crippen molar-refractivity contribution in [3.63, 3.8) is 0 Å². The van der Waals surface area contributed by atoms with Crippen LogP contribution >= 0.6 is 0 Å². The zero-order valence-corrected chi connectivity index (χ0v) is 10.5. The number of rotatable bonds is 7. The van der Waals surface area contributed by atoms with Crippen LogP contribution in [0.3, 0.4) is 0 Å². The Hall–Kier alpha value is -0.570. The van der Waals surface area contributed by atoms with Gasteiger partial charge in [-0.15, -0.1) is 0 Å². The molecule has 0 aromatic heterocycles. The second-order valence-electron chi connectivity index (χ2n) is 5.62. The highest BCUT2D eigenvalue weighted by Crippen LogP contribution is 2.60. The van der Waals surface area contributed by atoms with Crippen LogP contribution in [0.4, 0.5) is 0 Å². The largest absolute Gasteiger partial charge is 0.353 e. The summed E-state index contributed by atoms with van der Waals surface area (Å²) in [5, 5.41) is 6.31. The number of hydrogen-bond acceptors (Lipinski definition) is 2. The number of amides is 1. The SMILES string of the molecule is CCC(C)NC(=O)CNCC1(C2CC2)CC1. The minimum absolute atomic E-state index is 0.140. The normalized spacial score (nSPS) is 23.9. The van der Waals surface area contributed by atoms with Crippen LogP contribution in [-0.4, -0.2) is 25.0 Å². The van der Waals surface area contributed by atoms with Crippen LogP contribution in [0.2, 0.25) is 0 Å². The molecule has 2 aliphatic rings. The van der Waals surface area contributed by atoms with Gasteiger partial charge in [-0.25, -0.2) is 0 Å². The summed E-state index contributed by atoms with van der Waals surface area (Å²) in [6.07, 6.45) is 6.58. The molecule has 3 nitrogen and oxygen atoms in total. The molecule has 1 unspecified atom stereocenters. The Morgan fingerprint density at radius 1 is 1.44 bits per heavy atom. The molecule has 92 valence electrons. The first kappa shape index (κ1) is 11.9. The third-order valence-corrected chi connectivity index (χ3v) is 4.12. The molecule has 0 saturated heterocycles. The van der Waals surface area contributed by atoms with Gasteiger partial charge in [0.2, 0.25) is 5.91 Å². The van der Waals surface area contributed by atoms with E-state index in [1.54, 1.807) is 0 Å². The number of carbonyl (C=O) groups is 1. The van der Waals surface area contributed by atoms with Gasteiger partial charge in [0.05, 0.1) is 6.54 Å². The Labute approximate surface area is 98.4 Å². The second kappa shape index (κ2) is 4.74. The van der Waals surface area contributed by atoms with Gasteiger partial charge in [0.25, 0.3) is 0 Å². The molecule has 3 heteroatoms. The Morgan fingerprint density at radius 2 is 2.12 bits per heavy atom. The van der Waals surface area contributed by atoms with E-state index in [2.05, 4.69) is 17.6 Å². The van der Waals surface area contributed by atoms with Crippen molar-refractivity contribution in [1.82, 2.24) is 10.6 Å². The average molecular weight is 224 g/mol. The summed E-state index contributed by atoms with van der Waals surface area (Å²) in [7, 11) is 0. The molecule has 0 spiro atoms. The molecular weight excluding hydrogens is 200 g/mol. The quantitative estimate of drug-likeness (QED) is 0.691. The van der Waals surface area contributed by atoms with Crippen LogP contribution in [0.1, 0.15) is 46.0 Å². The van der Waals surface area contributed by atoms with E-state index in [-0.39, 0.29) is 5.91 Å². The van der Waals surface area contributed by atoms with Crippen LogP contribution in [0, 0.1) is 11.3 Å². The first-order valence-electron chi connectivity index (χ1n) is 6.66. The highest BCUT2D eigenvalue weighted by atomic mass is 16.1. The number of carbonyl (C=O) groups excluding carboxylic acids is 1. The average Bonchev–Trinajstić information content (AvgIpc) is 3.10. The molecule has 2 N–H and O–H groups in total. The zero-order chi connectivity index (χ0) is 11.6. The Balaban J connectivity index is 1.59. The Kier molecular flexibility index (Phi) is 3.53. The molecule has 16 heavy (non-hydrogen) atoms. The van der Waals surface area contributed by atoms with E-state index >= 15 is 0 Å². The third kappa shape index (κ3) is 2.97. The van der Waals surface area contributed by atoms with Gasteiger partial charge in [-0.2, -0.15) is 0 Å². The maximum atomic E-state index is 11.5. The lowest BCUT2D eigenvalue weighted by atomic mass is 10.0. The number of hydrogen-bond donors (Lipinski definition) is 2. The summed E-state index contributed by atoms with van der Waals surface area (Å²) in [4.78, 5) is 11.5. The second-order valence-corrected chi connectivity index (χ2v) is 5.62. The summed E-state index contributed by atoms with van der Waals surface area (Å²) in [6.45, 7) is 5.67. The van der Waals surface area contributed by atoms with Crippen molar-refractivity contribution in [1.29, 1.82) is 0 Å². The predicted octanol–water partition coefficient (Wildman–Crippen LogP) is 1.68. The van der Waals surface area contributed by atoms with Crippen LogP contribution in [0.25, 0.3) is 0 Å². The lowest BCUT2D eigenvalue weighted by Crippen LogP contribution is -2.40. The van der Waals surface area contributed by atoms with Crippen molar-refractivity contribution < 1.29 is 4.79 Å². The molecule has 2 rings (SSSR count). The maximum absolute atomic E-state index is 11.5. The fourth-order valence-corrected chi connectivity index (χ4v) is 2.44. The Morgan fingerprint density at radius 3 is 2.62 bits per heavy atom. The van der Waals surface area contributed by atoms with E-state index in [9.17, 15) is 4.79 Å². The predicted molar refractivity (Wildman–Crippen MR) is 65.2 cm³/mol. The van der Waals surface area contributed by atoms with Gasteiger partial charge in [-0.1, -0.05) is 6.92 Å². The molecule has 2 aliphatic carbocycles. The van der Waals surface area contributed by atoms with Crippen molar-refractivity contribution in [3.8, 4) is 0 Å². The fraction of sp³-hybridized carbons (Fsp3) is 0.923. The van der Waals surface area contributed by atoms with Crippen molar-refractivity contribution >= 4 is 5.91 Å². The third-order valence-electron chi connectivity index (χ3n) is 4.12. The molecule has 0 aromatic carbocycles. The first-order chi connectivity index (χ1) is 7.66. The van der Waals surface area contributed by atoms with Gasteiger partial charge in [-0.05, 0) is 50.4 Å². The molecule has 2 fully saturated rings. The van der Waals surface area contributed by atoms with Crippen LogP contribution in [-0.2, 0) is 4.79 Å². The lowest BCUT2D eigenvalue weighted by molar-refractivity contribution is -0.120. The highest BCUT2D eigenvalue weighted by molar-refractivity contribution is 5.78. The molecule has 1 atom stereocenters. The number of nitrogens with one attached hydrogen (secondary N) is 2. The highest BCUT2D eigenvalue weighted by Gasteiger charge is 2.53. The topological polar surface area (TPSA) is 41.1 Å². The van der Waals surface area contributed by atoms with E-state index in [1.807, 2.05) is 6.92 Å². The minimum atomic E-state index is 0.140. The van der Waals surface area contributed by atoms with Gasteiger partial charge in [0, 0.05) is 12.6 Å². The first-order valence-corrected chi connectivity index (χ1v) is 6.66. The van der Waals surface area contributed by atoms with Crippen molar-refractivity contribution in [2.75, 3.05) is 13.1 Å². The van der Waals surface area contributed by atoms with E-state index < -0.39 is 0 Å². The van der Waals surface area contributed by atoms with Gasteiger partial charge in [0.15, 0.2) is 0 Å². The van der Waals surface area contributed by atoms with Crippen molar-refractivity contribution in [3.05, 3.63) is 0 Å². The fourth-order valence-electron chi connectivity index (χ4n) is 2.44. The van der Waals surface area contributed by atoms with Gasteiger partial charge >= 0.3 is 0 Å². The van der Waals surface area contributed by atoms with Gasteiger partial charge in [0.1, 0.15) is 0 Å². The van der Waals surface area contributed by atoms with E-state index in [1.165, 1.54) is 25.7 Å². The Bertz CT molecular complexity index is 257. The minimum Gasteiger partial charge on any atom is -0.353 e. The summed E-state index contributed by atoms with van der Waals surface area (Å²) in [5.74, 6) is 1.11. The standard InChI is InChI=1S/C13H24N2O/c1-3-10(2)15-12(16)8-14-9-13(6-7-13)11-4-5-11/h10-11,14H,3-9H2,1-2H3,(H,15,16). The van der Waals surface area contributed by atoms with E-state index in [0.717, 1.165) is 18.9 Å². The van der Waals surface area contributed by atoms with Crippen LogP contribution in [0.15, 0.2) is 0 Å². The van der Waals surface area contributed by atoms with E-state index in [0.29, 0.717) is 18.0 Å². The smallest absolute Gasteiger partial charge is 0.234 e. The van der Waals surface area contributed by atoms with E-state index in [4.69, 9.17) is 0 Å². The van der Waals surface area contributed by atoms with Crippen LogP contribution in [0.5, 0.6) is 0 Å². The van der Waals surface area contributed by atoms with Crippen molar-refractivity contribution in [2.45, 2.75) is 52.0 Å². The molecule has 0 aromatic rings. The molecule has 0 aliphatic heterocycles. The molecule has 0 heterocycles. The lowest BCUT2D eigenvalue weighted by Gasteiger charge is -2.16. The molecule has 0 bridgehead atoms. The van der Waals surface area contributed by atoms with Crippen LogP contribution < -0.4 is 10.6 Å². The molecular formula is C13H24N2O. The maximum Gasteiger partial charge on any atom is 0.234 e. The molecule has 0 radical (unpaired) electrons. The summed E-state index contributed by atoms with van der Waals surface area (Å²) in [5.41, 5.74) is 0.594. The zero-order valence-electron chi connectivity index (χ0n) is 10.5. The summed E-state index contributed by atoms with van der Waals surface area (Å²) in [6, 6.07) is 0.299. The molecule has 2 saturated carbocycles. The monoisotopic (exact) mass is 224 g/mol. The molecule has 1 amide bonds.